The van der Waals surface area contributed by atoms with Crippen LogP contribution in [0.5, 0.6) is 5.75 Å². The minimum absolute atomic E-state index is 0.0352. The number of nitrogens with zero attached hydrogens (tertiary/aromatic N) is 6. The predicted molar refractivity (Wildman–Crippen MR) is 193 cm³/mol. The summed E-state index contributed by atoms with van der Waals surface area (Å²) < 4.78 is 5.88. The van der Waals surface area contributed by atoms with Crippen molar-refractivity contribution in [3.05, 3.63) is 84.2 Å². The number of halogens is 1. The van der Waals surface area contributed by atoms with E-state index < -0.39 is 0 Å². The minimum Gasteiger partial charge on any atom is -0.494 e. The van der Waals surface area contributed by atoms with Gasteiger partial charge in [-0.2, -0.15) is 0 Å². The summed E-state index contributed by atoms with van der Waals surface area (Å²) in [7, 11) is 1.64. The molecule has 2 aromatic carbocycles. The molecule has 1 amide bonds. The van der Waals surface area contributed by atoms with Crippen molar-refractivity contribution in [3.8, 4) is 5.75 Å². The van der Waals surface area contributed by atoms with E-state index in [0.717, 1.165) is 86.9 Å². The van der Waals surface area contributed by atoms with Gasteiger partial charge in [-0.15, -0.1) is 6.58 Å². The molecule has 0 unspecified atom stereocenters. The van der Waals surface area contributed by atoms with Crippen LogP contribution in [0.15, 0.2) is 68.0 Å². The Balaban J connectivity index is 1.20. The molecule has 3 aliphatic heterocycles. The van der Waals surface area contributed by atoms with Gasteiger partial charge in [-0.05, 0) is 49.1 Å². The molecule has 0 spiro atoms. The number of hydroxylamine groups is 1. The van der Waals surface area contributed by atoms with E-state index in [9.17, 15) is 4.79 Å². The maximum Gasteiger partial charge on any atom is 0.247 e. The molecule has 0 aliphatic carbocycles. The van der Waals surface area contributed by atoms with Crippen molar-refractivity contribution in [3.63, 3.8) is 0 Å². The number of carbonyl (C=O) groups is 1. The summed E-state index contributed by atoms with van der Waals surface area (Å²) in [4.78, 5) is 35.1. The van der Waals surface area contributed by atoms with E-state index >= 15 is 0 Å². The highest BCUT2D eigenvalue weighted by Gasteiger charge is 2.31. The zero-order valence-electron chi connectivity index (χ0n) is 27.8. The number of hydrogen-bond acceptors (Lipinski definition) is 10. The first-order valence-corrected chi connectivity index (χ1v) is 17.0. The first-order chi connectivity index (χ1) is 23.4. The largest absolute Gasteiger partial charge is 0.494 e. The van der Waals surface area contributed by atoms with Gasteiger partial charge < -0.3 is 20.3 Å². The molecule has 3 aliphatic rings. The lowest BCUT2D eigenvalue weighted by Gasteiger charge is -2.43. The van der Waals surface area contributed by atoms with Crippen molar-refractivity contribution in [1.29, 1.82) is 0 Å². The molecule has 3 aromatic rings. The van der Waals surface area contributed by atoms with E-state index in [-0.39, 0.29) is 11.9 Å². The van der Waals surface area contributed by atoms with E-state index in [2.05, 4.69) is 54.5 Å². The van der Waals surface area contributed by atoms with Gasteiger partial charge in [-0.3, -0.25) is 19.4 Å². The number of aromatic nitrogens is 2. The van der Waals surface area contributed by atoms with Gasteiger partial charge in [0.25, 0.3) is 0 Å². The third kappa shape index (κ3) is 7.44. The molecule has 48 heavy (non-hydrogen) atoms. The van der Waals surface area contributed by atoms with E-state index in [1.165, 1.54) is 12.4 Å². The van der Waals surface area contributed by atoms with Crippen molar-refractivity contribution in [2.45, 2.75) is 38.3 Å². The van der Waals surface area contributed by atoms with Crippen LogP contribution in [0.3, 0.4) is 0 Å². The second kappa shape index (κ2) is 15.4. The molecule has 12 heteroatoms. The quantitative estimate of drug-likeness (QED) is 0.187. The highest BCUT2D eigenvalue weighted by Crippen LogP contribution is 2.41. The lowest BCUT2D eigenvalue weighted by Crippen LogP contribution is -2.53. The van der Waals surface area contributed by atoms with Crippen molar-refractivity contribution >= 4 is 46.2 Å². The summed E-state index contributed by atoms with van der Waals surface area (Å²) in [5.74, 6) is 1.53. The second-order valence-electron chi connectivity index (χ2n) is 12.4. The van der Waals surface area contributed by atoms with Gasteiger partial charge in [-0.1, -0.05) is 36.4 Å². The zero-order chi connectivity index (χ0) is 33.6. The topological polar surface area (TPSA) is 98.3 Å². The molecule has 0 radical (unpaired) electrons. The molecule has 3 saturated heterocycles. The lowest BCUT2D eigenvalue weighted by molar-refractivity contribution is -0.111. The Morgan fingerprint density at radius 1 is 1.06 bits per heavy atom. The third-order valence-corrected chi connectivity index (χ3v) is 10.0. The number of carbonyl (C=O) groups excluding carboxylic acids is 1. The fourth-order valence-electron chi connectivity index (χ4n) is 6.98. The summed E-state index contributed by atoms with van der Waals surface area (Å²) in [6, 6.07) is 12.2. The second-order valence-corrected chi connectivity index (χ2v) is 12.8. The maximum absolute atomic E-state index is 12.6. The molecule has 254 valence electrons. The Labute approximate surface area is 288 Å². The van der Waals surface area contributed by atoms with E-state index in [4.69, 9.17) is 21.2 Å². The Morgan fingerprint density at radius 3 is 2.58 bits per heavy atom. The first kappa shape index (κ1) is 33.7. The SMILES string of the molecule is C=CCN1CCN(C2CCN(c3cc(OC)c(Nc4cc(N5OCC[C@@H]5c5cccc(Cl)c5C)ncn4)cc3NC(=O)C=C)CC2)CC1. The number of anilines is 5. The van der Waals surface area contributed by atoms with Crippen LogP contribution in [0.1, 0.15) is 36.4 Å². The van der Waals surface area contributed by atoms with Crippen LogP contribution in [0.4, 0.5) is 28.7 Å². The Morgan fingerprint density at radius 2 is 1.85 bits per heavy atom. The number of amides is 1. The molecule has 3 fully saturated rings. The van der Waals surface area contributed by atoms with Crippen LogP contribution in [-0.4, -0.2) is 91.2 Å². The summed E-state index contributed by atoms with van der Waals surface area (Å²) in [6.07, 6.45) is 7.68. The predicted octanol–water partition coefficient (Wildman–Crippen LogP) is 5.97. The van der Waals surface area contributed by atoms with Crippen LogP contribution in [0.25, 0.3) is 0 Å². The first-order valence-electron chi connectivity index (χ1n) is 16.6. The molecular formula is C36H45ClN8O3. The third-order valence-electron chi connectivity index (χ3n) is 9.59. The number of rotatable bonds is 11. The molecule has 0 bridgehead atoms. The van der Waals surface area contributed by atoms with Crippen LogP contribution in [0, 0.1) is 6.92 Å². The Bertz CT molecular complexity index is 1620. The number of ether oxygens (including phenoxy) is 1. The van der Waals surface area contributed by atoms with E-state index in [1.54, 1.807) is 7.11 Å². The van der Waals surface area contributed by atoms with Crippen LogP contribution in [-0.2, 0) is 9.63 Å². The number of nitrogens with one attached hydrogen (secondary N) is 2. The smallest absolute Gasteiger partial charge is 0.247 e. The van der Waals surface area contributed by atoms with E-state index in [1.807, 2.05) is 48.4 Å². The van der Waals surface area contributed by atoms with Crippen molar-refractivity contribution < 1.29 is 14.4 Å². The molecule has 1 aromatic heterocycles. The Hall–Kier alpha value is -4.16. The number of methoxy groups -OCH3 is 1. The van der Waals surface area contributed by atoms with Crippen LogP contribution >= 0.6 is 11.6 Å². The van der Waals surface area contributed by atoms with Crippen molar-refractivity contribution in [2.75, 3.05) is 80.1 Å². The molecule has 0 saturated carbocycles. The van der Waals surface area contributed by atoms with Gasteiger partial charge in [0.1, 0.15) is 17.9 Å². The van der Waals surface area contributed by atoms with Crippen LogP contribution < -0.4 is 25.3 Å². The number of benzene rings is 2. The maximum atomic E-state index is 12.6. The standard InChI is InChI=1S/C36H45ClN8O3/c1-5-13-42-16-18-43(19-17-42)26-10-14-44(15-11-26)32-22-33(47-4)30(21-29(32)41-36(46)6-2)40-34-23-35(39-24-38-34)45-31(12-20-48-45)27-8-7-9-28(37)25(27)3/h5-9,21-24,26,31H,1-2,10-20H2,3-4H3,(H,41,46)(H,38,39,40)/t31-/m1/s1. The fraction of sp³-hybridized carbons (Fsp3) is 0.417. The van der Waals surface area contributed by atoms with Gasteiger partial charge in [0.15, 0.2) is 5.82 Å². The molecular weight excluding hydrogens is 628 g/mol. The minimum atomic E-state index is -0.280. The van der Waals surface area contributed by atoms with Crippen molar-refractivity contribution in [2.24, 2.45) is 0 Å². The average molecular weight is 673 g/mol. The molecule has 1 atom stereocenters. The molecule has 2 N–H and O–H groups in total. The Kier molecular flexibility index (Phi) is 10.8. The van der Waals surface area contributed by atoms with Gasteiger partial charge in [0.05, 0.1) is 36.8 Å². The molecule has 11 nitrogen and oxygen atoms in total. The monoisotopic (exact) mass is 672 g/mol. The number of piperazine rings is 1. The van der Waals surface area contributed by atoms with Gasteiger partial charge in [0, 0.05) is 75.4 Å². The van der Waals surface area contributed by atoms with E-state index in [0.29, 0.717) is 41.4 Å². The van der Waals surface area contributed by atoms with Crippen molar-refractivity contribution in [1.82, 2.24) is 19.8 Å². The summed E-state index contributed by atoms with van der Waals surface area (Å²) in [5, 5.41) is 8.97. The molecule has 4 heterocycles. The lowest BCUT2D eigenvalue weighted by atomic mass is 9.99. The zero-order valence-corrected chi connectivity index (χ0v) is 28.6. The highest BCUT2D eigenvalue weighted by molar-refractivity contribution is 6.31. The summed E-state index contributed by atoms with van der Waals surface area (Å²) >= 11 is 6.45. The highest BCUT2D eigenvalue weighted by atomic mass is 35.5. The van der Waals surface area contributed by atoms with Gasteiger partial charge in [0.2, 0.25) is 5.91 Å². The normalized spacial score (nSPS) is 19.3. The molecule has 6 rings (SSSR count). The fourth-order valence-corrected chi connectivity index (χ4v) is 7.17. The summed E-state index contributed by atoms with van der Waals surface area (Å²) in [5.41, 5.74) is 4.37. The van der Waals surface area contributed by atoms with Gasteiger partial charge in [-0.25, -0.2) is 15.0 Å². The summed E-state index contributed by atoms with van der Waals surface area (Å²) in [6.45, 7) is 17.2. The average Bonchev–Trinajstić information content (AvgIpc) is 3.60. The van der Waals surface area contributed by atoms with Crippen LogP contribution in [0.2, 0.25) is 5.02 Å². The van der Waals surface area contributed by atoms with Gasteiger partial charge >= 0.3 is 0 Å². The number of piperidine rings is 1. The number of hydrogen-bond donors (Lipinski definition) is 2.